The van der Waals surface area contributed by atoms with E-state index >= 15 is 0 Å². The van der Waals surface area contributed by atoms with Gasteiger partial charge in [0.15, 0.2) is 0 Å². The van der Waals surface area contributed by atoms with E-state index in [1.54, 1.807) is 30.3 Å². The van der Waals surface area contributed by atoms with Gasteiger partial charge in [-0.2, -0.15) is 30.7 Å². The smallest absolute Gasteiger partial charge is 0.459 e. The fraction of sp³-hybridized carbons (Fsp3) is 0.241. The van der Waals surface area contributed by atoms with Gasteiger partial charge in [-0.3, -0.25) is 0 Å². The van der Waals surface area contributed by atoms with E-state index in [-0.39, 0.29) is 23.7 Å². The molecule has 7 nitrogen and oxygen atoms in total. The summed E-state index contributed by atoms with van der Waals surface area (Å²) in [4.78, 5) is 24.4. The number of nitrogen functional groups attached to an aromatic ring is 2. The van der Waals surface area contributed by atoms with Crippen LogP contribution in [0, 0.1) is 0 Å². The van der Waals surface area contributed by atoms with E-state index in [4.69, 9.17) is 25.7 Å². The maximum atomic E-state index is 13.3. The third-order valence-electron chi connectivity index (χ3n) is 5.85. The molecule has 3 aromatic carbocycles. The Bertz CT molecular complexity index is 1440. The van der Waals surface area contributed by atoms with E-state index < -0.39 is 49.4 Å². The molecule has 0 fully saturated rings. The zero-order valence-electron chi connectivity index (χ0n) is 22.2. The first-order chi connectivity index (χ1) is 20.1. The normalized spacial score (nSPS) is 12.3. The summed E-state index contributed by atoms with van der Waals surface area (Å²) in [5, 5.41) is 0. The van der Waals surface area contributed by atoms with Crippen LogP contribution in [0.4, 0.5) is 42.1 Å². The number of carbonyl (C=O) groups is 2. The second-order valence-corrected chi connectivity index (χ2v) is 9.11. The highest BCUT2D eigenvalue weighted by Gasteiger charge is 2.72. The third-order valence-corrected chi connectivity index (χ3v) is 5.85. The average Bonchev–Trinajstić information content (AvgIpc) is 2.95. The Labute approximate surface area is 240 Å². The molecular formula is C29H25F7N2O5. The minimum atomic E-state index is -6.38. The van der Waals surface area contributed by atoms with Gasteiger partial charge in [-0.1, -0.05) is 12.1 Å². The molecule has 0 aliphatic heterocycles. The van der Waals surface area contributed by atoms with Crippen molar-refractivity contribution in [2.75, 3.05) is 18.1 Å². The Morgan fingerprint density at radius 2 is 1.44 bits per heavy atom. The molecule has 0 aliphatic rings. The van der Waals surface area contributed by atoms with Crippen molar-refractivity contribution >= 4 is 29.4 Å². The molecule has 0 saturated carbocycles. The summed E-state index contributed by atoms with van der Waals surface area (Å²) in [7, 11) is 0. The molecule has 14 heteroatoms. The molecule has 0 saturated heterocycles. The summed E-state index contributed by atoms with van der Waals surface area (Å²) in [5.41, 5.74) is 13.7. The maximum Gasteiger partial charge on any atom is 0.459 e. The molecule has 0 aliphatic carbocycles. The van der Waals surface area contributed by atoms with Crippen LogP contribution < -0.4 is 20.9 Å². The highest BCUT2D eigenvalue weighted by Crippen LogP contribution is 2.48. The minimum Gasteiger partial charge on any atom is -0.494 e. The van der Waals surface area contributed by atoms with E-state index in [9.17, 15) is 40.3 Å². The lowest BCUT2D eigenvalue weighted by atomic mass is 10.1. The molecule has 0 radical (unpaired) electrons. The fourth-order valence-corrected chi connectivity index (χ4v) is 3.46. The zero-order chi connectivity index (χ0) is 31.8. The lowest BCUT2D eigenvalue weighted by Crippen LogP contribution is -2.51. The van der Waals surface area contributed by atoms with Crippen molar-refractivity contribution < 1.29 is 54.5 Å². The minimum absolute atomic E-state index is 0.0617. The van der Waals surface area contributed by atoms with Crippen LogP contribution in [0.5, 0.6) is 11.5 Å². The predicted molar refractivity (Wildman–Crippen MR) is 143 cm³/mol. The van der Waals surface area contributed by atoms with E-state index in [0.29, 0.717) is 22.5 Å². The number of benzene rings is 3. The third kappa shape index (κ3) is 8.87. The SMILES string of the molecule is Nc1ccc(N)c(COC(=O)/C=C/c2ccc(OC(=O)c3ccc(OCCCC(F)(F)C(F)(F)C(F)(F)F)cc3)cc2)c1. The molecule has 3 rings (SSSR count). The Morgan fingerprint density at radius 1 is 0.814 bits per heavy atom. The lowest BCUT2D eigenvalue weighted by molar-refractivity contribution is -0.355. The van der Waals surface area contributed by atoms with E-state index in [2.05, 4.69) is 0 Å². The number of carbonyl (C=O) groups excluding carboxylic acids is 2. The average molecular weight is 615 g/mol. The highest BCUT2D eigenvalue weighted by atomic mass is 19.4. The molecule has 0 unspecified atom stereocenters. The number of esters is 2. The van der Waals surface area contributed by atoms with Crippen molar-refractivity contribution in [1.29, 1.82) is 0 Å². The Kier molecular flexibility index (Phi) is 10.3. The van der Waals surface area contributed by atoms with Crippen LogP contribution in [0.2, 0.25) is 0 Å². The number of halogens is 7. The first-order valence-electron chi connectivity index (χ1n) is 12.5. The summed E-state index contributed by atoms with van der Waals surface area (Å²) in [6, 6.07) is 16.0. The van der Waals surface area contributed by atoms with Gasteiger partial charge in [-0.15, -0.1) is 0 Å². The molecule has 4 N–H and O–H groups in total. The van der Waals surface area contributed by atoms with Crippen molar-refractivity contribution in [1.82, 2.24) is 0 Å². The van der Waals surface area contributed by atoms with Crippen molar-refractivity contribution in [2.24, 2.45) is 0 Å². The van der Waals surface area contributed by atoms with Crippen LogP contribution in [-0.2, 0) is 16.1 Å². The van der Waals surface area contributed by atoms with Crippen molar-refractivity contribution in [3.63, 3.8) is 0 Å². The molecule has 3 aromatic rings. The second-order valence-electron chi connectivity index (χ2n) is 9.11. The number of nitrogens with two attached hydrogens (primary N) is 2. The van der Waals surface area contributed by atoms with Crippen LogP contribution >= 0.6 is 0 Å². The molecule has 0 bridgehead atoms. The first kappa shape index (κ1) is 32.8. The van der Waals surface area contributed by atoms with Crippen molar-refractivity contribution in [3.05, 3.63) is 89.5 Å². The molecule has 0 aromatic heterocycles. The fourth-order valence-electron chi connectivity index (χ4n) is 3.46. The largest absolute Gasteiger partial charge is 0.494 e. The Morgan fingerprint density at radius 3 is 2.07 bits per heavy atom. The number of hydrogen-bond donors (Lipinski definition) is 2. The van der Waals surface area contributed by atoms with Gasteiger partial charge in [0.2, 0.25) is 0 Å². The van der Waals surface area contributed by atoms with Gasteiger partial charge in [0.25, 0.3) is 0 Å². The summed E-state index contributed by atoms with van der Waals surface area (Å²) < 4.78 is 105. The Balaban J connectivity index is 1.45. The lowest BCUT2D eigenvalue weighted by Gasteiger charge is -2.28. The van der Waals surface area contributed by atoms with Crippen LogP contribution in [-0.4, -0.2) is 36.6 Å². The molecule has 230 valence electrons. The number of rotatable bonds is 12. The number of hydrogen-bond acceptors (Lipinski definition) is 7. The second kappa shape index (κ2) is 13.5. The van der Waals surface area contributed by atoms with Gasteiger partial charge >= 0.3 is 30.0 Å². The number of ether oxygens (including phenoxy) is 3. The molecule has 43 heavy (non-hydrogen) atoms. The maximum absolute atomic E-state index is 13.3. The highest BCUT2D eigenvalue weighted by molar-refractivity contribution is 5.91. The van der Waals surface area contributed by atoms with Crippen LogP contribution in [0.15, 0.2) is 72.8 Å². The van der Waals surface area contributed by atoms with Crippen LogP contribution in [0.25, 0.3) is 6.08 Å². The van der Waals surface area contributed by atoms with Gasteiger partial charge in [-0.25, -0.2) is 9.59 Å². The number of alkyl halides is 7. The van der Waals surface area contributed by atoms with Crippen molar-refractivity contribution in [3.8, 4) is 11.5 Å². The molecular weight excluding hydrogens is 589 g/mol. The topological polar surface area (TPSA) is 114 Å². The van der Waals surface area contributed by atoms with E-state index in [1.807, 2.05) is 0 Å². The Hall–Kier alpha value is -4.75. The molecule has 0 amide bonds. The van der Waals surface area contributed by atoms with Gasteiger partial charge in [-0.05, 0) is 72.7 Å². The standard InChI is InChI=1S/C29H25F7N2O5/c30-27(31,28(32,33)29(34,35)36)14-1-15-41-22-10-5-19(6-11-22)26(40)43-23-8-2-18(3-9-23)4-13-25(39)42-17-20-16-21(37)7-12-24(20)38/h2-13,16H,1,14-15,17,37-38H2/b13-4+. The van der Waals surface area contributed by atoms with Gasteiger partial charge < -0.3 is 25.7 Å². The summed E-state index contributed by atoms with van der Waals surface area (Å²) in [6.07, 6.45) is -6.23. The summed E-state index contributed by atoms with van der Waals surface area (Å²) >= 11 is 0. The zero-order valence-corrected chi connectivity index (χ0v) is 22.2. The van der Waals surface area contributed by atoms with Gasteiger partial charge in [0.1, 0.15) is 18.1 Å². The van der Waals surface area contributed by atoms with E-state index in [0.717, 1.165) is 0 Å². The first-order valence-corrected chi connectivity index (χ1v) is 12.5. The van der Waals surface area contributed by atoms with E-state index in [1.165, 1.54) is 48.6 Å². The summed E-state index contributed by atoms with van der Waals surface area (Å²) in [6.45, 7) is -0.629. The van der Waals surface area contributed by atoms with Crippen LogP contribution in [0.1, 0.15) is 34.3 Å². The quantitative estimate of drug-likeness (QED) is 0.0575. The molecule has 0 heterocycles. The van der Waals surface area contributed by atoms with Gasteiger partial charge in [0.05, 0.1) is 12.2 Å². The monoisotopic (exact) mass is 614 g/mol. The molecule has 0 spiro atoms. The van der Waals surface area contributed by atoms with Crippen LogP contribution in [0.3, 0.4) is 0 Å². The molecule has 0 atom stereocenters. The summed E-state index contributed by atoms with van der Waals surface area (Å²) in [5.74, 6) is -12.6. The predicted octanol–water partition coefficient (Wildman–Crippen LogP) is 6.82. The van der Waals surface area contributed by atoms with Gasteiger partial charge in [0, 0.05) is 29.4 Å². The number of anilines is 2. The van der Waals surface area contributed by atoms with Crippen molar-refractivity contribution in [2.45, 2.75) is 37.5 Å².